The third-order valence-electron chi connectivity index (χ3n) is 8.54. The molecule has 2 aromatic carbocycles. The first-order chi connectivity index (χ1) is 16.9. The van der Waals surface area contributed by atoms with Crippen LogP contribution in [0.5, 0.6) is 0 Å². The molecule has 0 bridgehead atoms. The lowest BCUT2D eigenvalue weighted by molar-refractivity contribution is -0.215. The average Bonchev–Trinajstić information content (AvgIpc) is 2.71. The molecule has 0 saturated heterocycles. The molecule has 0 radical (unpaired) electrons. The third-order valence-corrected chi connectivity index (χ3v) is 8.54. The molecule has 0 spiro atoms. The Morgan fingerprint density at radius 3 is 1.64 bits per heavy atom. The van der Waals surface area contributed by atoms with Gasteiger partial charge in [-0.3, -0.25) is 4.90 Å². The second-order valence-electron chi connectivity index (χ2n) is 10.9. The van der Waals surface area contributed by atoms with Crippen molar-refractivity contribution in [3.63, 3.8) is 0 Å². The summed E-state index contributed by atoms with van der Waals surface area (Å²) in [6.45, 7) is 5.40. The Bertz CT molecular complexity index is 966. The van der Waals surface area contributed by atoms with Crippen molar-refractivity contribution >= 4 is 0 Å². The van der Waals surface area contributed by atoms with Crippen molar-refractivity contribution in [2.45, 2.75) is 101 Å². The molecule has 2 fully saturated rings. The zero-order valence-electron chi connectivity index (χ0n) is 21.0. The van der Waals surface area contributed by atoms with E-state index in [1.807, 2.05) is 30.3 Å². The van der Waals surface area contributed by atoms with E-state index in [-0.39, 0.29) is 54.8 Å². The summed E-state index contributed by atoms with van der Waals surface area (Å²) < 4.78 is 86.1. The van der Waals surface area contributed by atoms with Crippen molar-refractivity contribution in [1.82, 2.24) is 4.90 Å². The summed E-state index contributed by atoms with van der Waals surface area (Å²) in [4.78, 5) is 2.23. The molecular weight excluding hydrogens is 476 g/mol. The molecule has 36 heavy (non-hydrogen) atoms. The van der Waals surface area contributed by atoms with E-state index in [2.05, 4.69) is 18.7 Å². The first-order valence-corrected chi connectivity index (χ1v) is 13.0. The van der Waals surface area contributed by atoms with Crippen LogP contribution in [0.4, 0.5) is 26.3 Å². The Morgan fingerprint density at radius 2 is 1.25 bits per heavy atom. The minimum absolute atomic E-state index is 0.0574. The molecule has 0 unspecified atom stereocenters. The third kappa shape index (κ3) is 4.80. The van der Waals surface area contributed by atoms with Gasteiger partial charge in [0.2, 0.25) is 0 Å². The van der Waals surface area contributed by atoms with Crippen LogP contribution < -0.4 is 0 Å². The van der Waals surface area contributed by atoms with Crippen molar-refractivity contribution in [2.24, 2.45) is 0 Å². The van der Waals surface area contributed by atoms with Crippen LogP contribution in [0.2, 0.25) is 0 Å². The number of nitrogens with zero attached hydrogens (tertiary/aromatic N) is 1. The highest BCUT2D eigenvalue weighted by Gasteiger charge is 2.63. The predicted molar refractivity (Wildman–Crippen MR) is 130 cm³/mol. The molecule has 198 valence electrons. The van der Waals surface area contributed by atoms with E-state index >= 15 is 0 Å². The molecule has 0 N–H and O–H groups in total. The molecule has 0 amide bonds. The topological polar surface area (TPSA) is 3.24 Å². The van der Waals surface area contributed by atoms with Crippen LogP contribution in [0.3, 0.4) is 0 Å². The largest absolute Gasteiger partial charge is 0.398 e. The molecule has 2 aromatic rings. The van der Waals surface area contributed by atoms with Crippen LogP contribution in [-0.2, 0) is 23.8 Å². The summed E-state index contributed by atoms with van der Waals surface area (Å²) in [6.07, 6.45) is -7.62. The van der Waals surface area contributed by atoms with Crippen molar-refractivity contribution in [2.75, 3.05) is 6.54 Å². The van der Waals surface area contributed by atoms with Crippen molar-refractivity contribution < 1.29 is 26.3 Å². The molecule has 7 heteroatoms. The van der Waals surface area contributed by atoms with Crippen LogP contribution in [0.15, 0.2) is 48.5 Å². The van der Waals surface area contributed by atoms with Gasteiger partial charge < -0.3 is 0 Å². The van der Waals surface area contributed by atoms with E-state index in [0.29, 0.717) is 32.4 Å². The van der Waals surface area contributed by atoms with Gasteiger partial charge in [-0.15, -0.1) is 0 Å². The van der Waals surface area contributed by atoms with E-state index < -0.39 is 23.2 Å². The lowest BCUT2D eigenvalue weighted by Gasteiger charge is -2.48. The van der Waals surface area contributed by atoms with Crippen LogP contribution >= 0.6 is 0 Å². The Balaban J connectivity index is 1.67. The van der Waals surface area contributed by atoms with E-state index in [4.69, 9.17) is 0 Å². The molecule has 1 nitrogen and oxygen atoms in total. The van der Waals surface area contributed by atoms with E-state index in [0.717, 1.165) is 5.56 Å². The fourth-order valence-electron chi connectivity index (χ4n) is 6.02. The fourth-order valence-corrected chi connectivity index (χ4v) is 6.02. The Morgan fingerprint density at radius 1 is 0.750 bits per heavy atom. The number of hydrogen-bond donors (Lipinski definition) is 0. The molecule has 0 aliphatic heterocycles. The Labute approximate surface area is 209 Å². The van der Waals surface area contributed by atoms with Crippen molar-refractivity contribution in [3.8, 4) is 0 Å². The number of alkyl halides is 6. The number of hydrogen-bond acceptors (Lipinski definition) is 1. The summed E-state index contributed by atoms with van der Waals surface area (Å²) in [5.41, 5.74) is -2.49. The van der Waals surface area contributed by atoms with Crippen LogP contribution in [0.1, 0.15) is 81.0 Å². The summed E-state index contributed by atoms with van der Waals surface area (Å²) in [7, 11) is 0. The standard InChI is InChI=1S/C29H35F6N/c1-21(2)36(20-22-10-4-3-5-11-22)19-7-12-23-24(26(15-8-16-26)28(30,31)32)13-6-14-25(23)27(17-9-18-27)29(33,34)35/h3-6,10-11,13-14,21H,7-9,12,15-20H2,1-2H3. The van der Waals surface area contributed by atoms with Crippen LogP contribution in [-0.4, -0.2) is 29.8 Å². The van der Waals surface area contributed by atoms with Crippen LogP contribution in [0, 0.1) is 0 Å². The lowest BCUT2D eigenvalue weighted by Crippen LogP contribution is -2.51. The molecule has 0 aromatic heterocycles. The molecule has 0 atom stereocenters. The lowest BCUT2D eigenvalue weighted by atomic mass is 9.58. The highest BCUT2D eigenvalue weighted by Crippen LogP contribution is 2.59. The van der Waals surface area contributed by atoms with Gasteiger partial charge in [-0.25, -0.2) is 0 Å². The van der Waals surface area contributed by atoms with Gasteiger partial charge in [0.25, 0.3) is 0 Å². The highest BCUT2D eigenvalue weighted by molar-refractivity contribution is 5.48. The average molecular weight is 512 g/mol. The summed E-state index contributed by atoms with van der Waals surface area (Å²) in [6, 6.07) is 14.4. The van der Waals surface area contributed by atoms with Gasteiger partial charge in [0.15, 0.2) is 0 Å². The van der Waals surface area contributed by atoms with Gasteiger partial charge >= 0.3 is 12.4 Å². The van der Waals surface area contributed by atoms with E-state index in [1.54, 1.807) is 0 Å². The van der Waals surface area contributed by atoms with Gasteiger partial charge in [-0.2, -0.15) is 26.3 Å². The Kier molecular flexibility index (Phi) is 7.53. The second-order valence-corrected chi connectivity index (χ2v) is 10.9. The van der Waals surface area contributed by atoms with E-state index in [1.165, 1.54) is 18.2 Å². The van der Waals surface area contributed by atoms with Gasteiger partial charge in [-0.1, -0.05) is 61.4 Å². The molecular formula is C29H35F6N. The second kappa shape index (κ2) is 10.0. The first kappa shape index (κ1) is 27.0. The maximum Gasteiger partial charge on any atom is 0.398 e. The molecule has 2 saturated carbocycles. The minimum atomic E-state index is -4.49. The van der Waals surface area contributed by atoms with Gasteiger partial charge in [0.1, 0.15) is 0 Å². The maximum absolute atomic E-state index is 14.3. The molecule has 2 aliphatic rings. The molecule has 0 heterocycles. The summed E-state index contributed by atoms with van der Waals surface area (Å²) >= 11 is 0. The zero-order chi connectivity index (χ0) is 26.2. The summed E-state index contributed by atoms with van der Waals surface area (Å²) in [5.74, 6) is 0. The van der Waals surface area contributed by atoms with Gasteiger partial charge in [0, 0.05) is 12.6 Å². The fraction of sp³-hybridized carbons (Fsp3) is 0.586. The zero-order valence-corrected chi connectivity index (χ0v) is 21.0. The number of benzene rings is 2. The smallest absolute Gasteiger partial charge is 0.297 e. The SMILES string of the molecule is CC(C)N(CCCc1c(C2(C(F)(F)F)CCC2)cccc1C1(C(F)(F)F)CCC1)Cc1ccccc1. The van der Waals surface area contributed by atoms with Gasteiger partial charge in [-0.05, 0) is 81.2 Å². The Hall–Kier alpha value is -2.02. The minimum Gasteiger partial charge on any atom is -0.297 e. The maximum atomic E-state index is 14.3. The predicted octanol–water partition coefficient (Wildman–Crippen LogP) is 8.50. The summed E-state index contributed by atoms with van der Waals surface area (Å²) in [5, 5.41) is 0. The molecule has 4 rings (SSSR count). The van der Waals surface area contributed by atoms with Crippen molar-refractivity contribution in [1.29, 1.82) is 0 Å². The van der Waals surface area contributed by atoms with Crippen molar-refractivity contribution in [3.05, 3.63) is 70.8 Å². The van der Waals surface area contributed by atoms with E-state index in [9.17, 15) is 26.3 Å². The van der Waals surface area contributed by atoms with Crippen LogP contribution in [0.25, 0.3) is 0 Å². The van der Waals surface area contributed by atoms with Gasteiger partial charge in [0.05, 0.1) is 10.8 Å². The monoisotopic (exact) mass is 511 g/mol. The number of halogens is 6. The number of rotatable bonds is 9. The highest BCUT2D eigenvalue weighted by atomic mass is 19.4. The molecule has 2 aliphatic carbocycles. The normalized spacial score (nSPS) is 19.3. The first-order valence-electron chi connectivity index (χ1n) is 13.0. The quantitative estimate of drug-likeness (QED) is 0.305.